The van der Waals surface area contributed by atoms with Gasteiger partial charge in [0.2, 0.25) is 0 Å². The molecule has 0 heteroatoms. The van der Waals surface area contributed by atoms with E-state index in [0.717, 1.165) is 17.3 Å². The Balaban J connectivity index is 1.94. The Morgan fingerprint density at radius 1 is 1.00 bits per heavy atom. The van der Waals surface area contributed by atoms with Gasteiger partial charge in [-0.15, -0.1) is 0 Å². The lowest BCUT2D eigenvalue weighted by atomic mass is 9.49. The third-order valence-corrected chi connectivity index (χ3v) is 5.37. The Bertz CT molecular complexity index is 249. The van der Waals surface area contributed by atoms with Gasteiger partial charge in [-0.2, -0.15) is 0 Å². The zero-order valence-corrected chi connectivity index (χ0v) is 9.23. The van der Waals surface area contributed by atoms with Crippen LogP contribution in [0.4, 0.5) is 0 Å². The summed E-state index contributed by atoms with van der Waals surface area (Å²) in [5.41, 5.74) is 2.40. The first-order chi connectivity index (χ1) is 6.82. The highest BCUT2D eigenvalue weighted by atomic mass is 14.5. The first-order valence-electron chi connectivity index (χ1n) is 6.49. The van der Waals surface area contributed by atoms with E-state index < -0.39 is 0 Å². The summed E-state index contributed by atoms with van der Waals surface area (Å²) >= 11 is 0. The van der Waals surface area contributed by atoms with Crippen molar-refractivity contribution in [1.82, 2.24) is 0 Å². The number of allylic oxidation sites excluding steroid dienone is 1. The molecule has 3 rings (SSSR count). The van der Waals surface area contributed by atoms with Crippen molar-refractivity contribution >= 4 is 0 Å². The number of hydrogen-bond acceptors (Lipinski definition) is 0. The summed E-state index contributed by atoms with van der Waals surface area (Å²) in [6.07, 6.45) is 13.4. The van der Waals surface area contributed by atoms with Crippen LogP contribution in [0.3, 0.4) is 0 Å². The minimum absolute atomic E-state index is 0.794. The normalized spacial score (nSPS) is 47.3. The molecule has 0 nitrogen and oxygen atoms in total. The summed E-state index contributed by atoms with van der Waals surface area (Å²) in [5, 5.41) is 0. The highest BCUT2D eigenvalue weighted by Gasteiger charge is 2.49. The zero-order valence-electron chi connectivity index (χ0n) is 9.23. The van der Waals surface area contributed by atoms with Gasteiger partial charge in [-0.3, -0.25) is 0 Å². The van der Waals surface area contributed by atoms with E-state index in [9.17, 15) is 0 Å². The third-order valence-electron chi connectivity index (χ3n) is 5.37. The topological polar surface area (TPSA) is 0 Å². The van der Waals surface area contributed by atoms with Crippen LogP contribution in [0.5, 0.6) is 0 Å². The molecule has 0 aromatic heterocycles. The minimum Gasteiger partial charge on any atom is -0.0996 e. The van der Waals surface area contributed by atoms with Crippen LogP contribution in [0, 0.1) is 17.3 Å². The monoisotopic (exact) mass is 190 g/mol. The lowest BCUT2D eigenvalue weighted by Gasteiger charge is -2.55. The lowest BCUT2D eigenvalue weighted by molar-refractivity contribution is -0.0152. The van der Waals surface area contributed by atoms with Crippen LogP contribution in [-0.4, -0.2) is 0 Å². The second kappa shape index (κ2) is 3.12. The molecule has 0 amide bonds. The molecule has 0 aromatic rings. The summed E-state index contributed by atoms with van der Waals surface area (Å²) in [6.45, 7) is 4.32. The Kier molecular flexibility index (Phi) is 2.00. The van der Waals surface area contributed by atoms with Crippen LogP contribution >= 0.6 is 0 Å². The predicted molar refractivity (Wildman–Crippen MR) is 60.1 cm³/mol. The van der Waals surface area contributed by atoms with Crippen molar-refractivity contribution in [3.05, 3.63) is 12.2 Å². The summed E-state index contributed by atoms with van der Waals surface area (Å²) in [6, 6.07) is 0. The maximum absolute atomic E-state index is 4.32. The van der Waals surface area contributed by atoms with E-state index in [2.05, 4.69) is 6.58 Å². The quantitative estimate of drug-likeness (QED) is 0.499. The van der Waals surface area contributed by atoms with E-state index in [1.54, 1.807) is 18.4 Å². The van der Waals surface area contributed by atoms with Crippen LogP contribution in [0.2, 0.25) is 0 Å². The first-order valence-corrected chi connectivity index (χ1v) is 6.49. The highest BCUT2D eigenvalue weighted by molar-refractivity contribution is 5.14. The molecule has 0 radical (unpaired) electrons. The highest BCUT2D eigenvalue weighted by Crippen LogP contribution is 2.60. The fraction of sp³-hybridized carbons (Fsp3) is 0.857. The molecule has 2 bridgehead atoms. The van der Waals surface area contributed by atoms with Gasteiger partial charge in [-0.05, 0) is 55.8 Å². The molecular formula is C14H22. The Hall–Kier alpha value is -0.260. The second-order valence-electron chi connectivity index (χ2n) is 5.87. The van der Waals surface area contributed by atoms with Crippen molar-refractivity contribution in [1.29, 1.82) is 0 Å². The van der Waals surface area contributed by atoms with Gasteiger partial charge < -0.3 is 0 Å². The van der Waals surface area contributed by atoms with Gasteiger partial charge in [-0.1, -0.05) is 31.4 Å². The molecule has 0 N–H and O–H groups in total. The van der Waals surface area contributed by atoms with Crippen LogP contribution < -0.4 is 0 Å². The van der Waals surface area contributed by atoms with E-state index in [0.29, 0.717) is 0 Å². The molecule has 14 heavy (non-hydrogen) atoms. The van der Waals surface area contributed by atoms with Crippen molar-refractivity contribution in [3.8, 4) is 0 Å². The Morgan fingerprint density at radius 2 is 1.86 bits per heavy atom. The molecular weight excluding hydrogens is 168 g/mol. The zero-order chi connectivity index (χ0) is 9.60. The van der Waals surface area contributed by atoms with Crippen molar-refractivity contribution in [2.45, 2.75) is 57.8 Å². The maximum Gasteiger partial charge on any atom is -0.0172 e. The summed E-state index contributed by atoms with van der Waals surface area (Å²) in [7, 11) is 0. The van der Waals surface area contributed by atoms with Gasteiger partial charge in [-0.25, -0.2) is 0 Å². The molecule has 78 valence electrons. The molecule has 3 saturated carbocycles. The van der Waals surface area contributed by atoms with E-state index in [1.807, 2.05) is 0 Å². The van der Waals surface area contributed by atoms with Crippen LogP contribution in [-0.2, 0) is 0 Å². The van der Waals surface area contributed by atoms with Gasteiger partial charge in [0.05, 0.1) is 0 Å². The number of rotatable bonds is 0. The van der Waals surface area contributed by atoms with Gasteiger partial charge in [0.1, 0.15) is 0 Å². The van der Waals surface area contributed by atoms with Gasteiger partial charge in [0, 0.05) is 0 Å². The van der Waals surface area contributed by atoms with E-state index in [-0.39, 0.29) is 0 Å². The van der Waals surface area contributed by atoms with Gasteiger partial charge in [0.15, 0.2) is 0 Å². The van der Waals surface area contributed by atoms with E-state index in [4.69, 9.17) is 0 Å². The summed E-state index contributed by atoms with van der Waals surface area (Å²) in [5.74, 6) is 1.98. The van der Waals surface area contributed by atoms with Crippen molar-refractivity contribution in [2.24, 2.45) is 17.3 Å². The van der Waals surface area contributed by atoms with Gasteiger partial charge >= 0.3 is 0 Å². The molecule has 0 aliphatic heterocycles. The average Bonchev–Trinajstić information content (AvgIpc) is 2.23. The first kappa shape index (κ1) is 9.00. The molecule has 1 unspecified atom stereocenters. The lowest BCUT2D eigenvalue weighted by Crippen LogP contribution is -2.45. The fourth-order valence-corrected chi connectivity index (χ4v) is 4.67. The van der Waals surface area contributed by atoms with Crippen LogP contribution in [0.15, 0.2) is 12.2 Å². The van der Waals surface area contributed by atoms with Crippen molar-refractivity contribution in [3.63, 3.8) is 0 Å². The Morgan fingerprint density at radius 3 is 2.79 bits per heavy atom. The van der Waals surface area contributed by atoms with Crippen molar-refractivity contribution in [2.75, 3.05) is 0 Å². The third kappa shape index (κ3) is 1.12. The summed E-state index contributed by atoms with van der Waals surface area (Å²) < 4.78 is 0. The standard InChI is InChI=1S/C14H22/c1-11-7-10-14-8-3-2-6-13(14)12(11)5-4-9-14/h12-13H,1-10H2/t12-,13?,14+/m0/s1. The molecule has 3 atom stereocenters. The minimum atomic E-state index is 0.794. The average molecular weight is 190 g/mol. The Labute approximate surface area is 87.8 Å². The molecule has 0 spiro atoms. The van der Waals surface area contributed by atoms with Gasteiger partial charge in [0.25, 0.3) is 0 Å². The molecule has 0 saturated heterocycles. The summed E-state index contributed by atoms with van der Waals surface area (Å²) in [4.78, 5) is 0. The molecule has 0 aromatic carbocycles. The molecule has 0 heterocycles. The smallest absolute Gasteiger partial charge is 0.0172 e. The van der Waals surface area contributed by atoms with E-state index in [1.165, 1.54) is 44.9 Å². The van der Waals surface area contributed by atoms with Crippen LogP contribution in [0.25, 0.3) is 0 Å². The van der Waals surface area contributed by atoms with Crippen LogP contribution in [0.1, 0.15) is 57.8 Å². The molecule has 3 aliphatic carbocycles. The largest absolute Gasteiger partial charge is 0.0996 e. The molecule has 3 aliphatic rings. The second-order valence-corrected chi connectivity index (χ2v) is 5.87. The number of hydrogen-bond donors (Lipinski definition) is 0. The molecule has 3 fully saturated rings. The SMILES string of the molecule is C=C1CC[C@]23CCCCC2[C@H]1CCC3. The van der Waals surface area contributed by atoms with Crippen molar-refractivity contribution < 1.29 is 0 Å². The predicted octanol–water partition coefficient (Wildman–Crippen LogP) is 4.31. The maximum atomic E-state index is 4.32. The fourth-order valence-electron chi connectivity index (χ4n) is 4.67. The van der Waals surface area contributed by atoms with E-state index >= 15 is 0 Å².